The van der Waals surface area contributed by atoms with Crippen LogP contribution in [0, 0.1) is 12.8 Å². The van der Waals surface area contributed by atoms with Gasteiger partial charge in [-0.15, -0.1) is 17.9 Å². The first-order valence-electron chi connectivity index (χ1n) is 6.61. The van der Waals surface area contributed by atoms with Crippen molar-refractivity contribution in [2.75, 3.05) is 20.1 Å². The molecule has 0 aliphatic carbocycles. The molecule has 0 saturated heterocycles. The van der Waals surface area contributed by atoms with E-state index in [9.17, 15) is 0 Å². The molecule has 0 radical (unpaired) electrons. The molecule has 1 rings (SSSR count). The molecule has 2 nitrogen and oxygen atoms in total. The van der Waals surface area contributed by atoms with E-state index in [4.69, 9.17) is 0 Å². The largest absolute Gasteiger partial charge is 0.312 e. The maximum Gasteiger partial charge on any atom is 0.0300 e. The number of nitrogens with one attached hydrogen (secondary N) is 1. The van der Waals surface area contributed by atoms with Crippen LogP contribution in [0.3, 0.4) is 0 Å². The molecule has 0 spiro atoms. The molecule has 3 heteroatoms. The summed E-state index contributed by atoms with van der Waals surface area (Å²) in [6.45, 7) is 14.5. The molecule has 0 aromatic carbocycles. The van der Waals surface area contributed by atoms with Gasteiger partial charge in [-0.1, -0.05) is 19.9 Å². The van der Waals surface area contributed by atoms with Gasteiger partial charge in [-0.2, -0.15) is 0 Å². The van der Waals surface area contributed by atoms with Gasteiger partial charge in [0.05, 0.1) is 0 Å². The molecule has 102 valence electrons. The molecule has 1 heterocycles. The van der Waals surface area contributed by atoms with Gasteiger partial charge in [-0.3, -0.25) is 4.90 Å². The van der Waals surface area contributed by atoms with Crippen LogP contribution in [0.2, 0.25) is 0 Å². The Bertz CT molecular complexity index is 369. The molecule has 1 aromatic heterocycles. The number of hydrogen-bond acceptors (Lipinski definition) is 3. The van der Waals surface area contributed by atoms with Gasteiger partial charge in [0.1, 0.15) is 0 Å². The fourth-order valence-corrected chi connectivity index (χ4v) is 2.91. The van der Waals surface area contributed by atoms with Crippen molar-refractivity contribution >= 4 is 11.3 Å². The highest BCUT2D eigenvalue weighted by atomic mass is 32.1. The maximum absolute atomic E-state index is 3.78. The van der Waals surface area contributed by atoms with E-state index in [1.165, 1.54) is 15.3 Å². The second-order valence-electron chi connectivity index (χ2n) is 5.30. The number of aryl methyl sites for hydroxylation is 1. The van der Waals surface area contributed by atoms with Gasteiger partial charge in [0.2, 0.25) is 0 Å². The van der Waals surface area contributed by atoms with Gasteiger partial charge in [-0.25, -0.2) is 0 Å². The molecule has 0 amide bonds. The SMILES string of the molecule is C=CCN(C)Cc1cc(CNCC(C)C)sc1C. The van der Waals surface area contributed by atoms with E-state index in [0.717, 1.165) is 26.2 Å². The van der Waals surface area contributed by atoms with Crippen molar-refractivity contribution in [2.45, 2.75) is 33.9 Å². The third kappa shape index (κ3) is 5.34. The van der Waals surface area contributed by atoms with Crippen LogP contribution in [0.4, 0.5) is 0 Å². The van der Waals surface area contributed by atoms with E-state index in [1.54, 1.807) is 0 Å². The van der Waals surface area contributed by atoms with E-state index in [1.807, 2.05) is 17.4 Å². The van der Waals surface area contributed by atoms with Gasteiger partial charge < -0.3 is 5.32 Å². The van der Waals surface area contributed by atoms with E-state index >= 15 is 0 Å². The predicted octanol–water partition coefficient (Wildman–Crippen LogP) is 3.42. The summed E-state index contributed by atoms with van der Waals surface area (Å²) in [6, 6.07) is 2.34. The van der Waals surface area contributed by atoms with Crippen molar-refractivity contribution in [3.05, 3.63) is 34.0 Å². The topological polar surface area (TPSA) is 15.3 Å². The quantitative estimate of drug-likeness (QED) is 0.725. The van der Waals surface area contributed by atoms with Crippen molar-refractivity contribution in [3.63, 3.8) is 0 Å². The molecular weight excluding hydrogens is 240 g/mol. The summed E-state index contributed by atoms with van der Waals surface area (Å²) in [6.07, 6.45) is 1.95. The molecule has 0 fully saturated rings. The first-order chi connectivity index (χ1) is 8.52. The first kappa shape index (κ1) is 15.4. The smallest absolute Gasteiger partial charge is 0.0300 e. The number of nitrogens with zero attached hydrogens (tertiary/aromatic N) is 1. The zero-order valence-corrected chi connectivity index (χ0v) is 12.9. The van der Waals surface area contributed by atoms with Crippen LogP contribution in [0.15, 0.2) is 18.7 Å². The Balaban J connectivity index is 2.50. The zero-order valence-electron chi connectivity index (χ0n) is 12.1. The minimum Gasteiger partial charge on any atom is -0.312 e. The molecule has 0 aliphatic heterocycles. The summed E-state index contributed by atoms with van der Waals surface area (Å²) in [4.78, 5) is 5.16. The molecule has 0 atom stereocenters. The molecule has 18 heavy (non-hydrogen) atoms. The summed E-state index contributed by atoms with van der Waals surface area (Å²) < 4.78 is 0. The predicted molar refractivity (Wildman–Crippen MR) is 82.1 cm³/mol. The Morgan fingerprint density at radius 2 is 2.22 bits per heavy atom. The Kier molecular flexibility index (Phi) is 6.61. The standard InChI is InChI=1S/C15H26N2S/c1-6-7-17(5)11-14-8-15(18-13(14)4)10-16-9-12(2)3/h6,8,12,16H,1,7,9-11H2,2-5H3. The molecule has 1 N–H and O–H groups in total. The Hall–Kier alpha value is -0.640. The van der Waals surface area contributed by atoms with Crippen LogP contribution in [-0.2, 0) is 13.1 Å². The average Bonchev–Trinajstić information content (AvgIpc) is 2.59. The molecular formula is C15H26N2S. The molecule has 0 bridgehead atoms. The van der Waals surface area contributed by atoms with Crippen molar-refractivity contribution in [2.24, 2.45) is 5.92 Å². The molecule has 0 aliphatic rings. The van der Waals surface area contributed by atoms with E-state index in [0.29, 0.717) is 5.92 Å². The van der Waals surface area contributed by atoms with Crippen LogP contribution in [0.5, 0.6) is 0 Å². The highest BCUT2D eigenvalue weighted by Crippen LogP contribution is 2.22. The van der Waals surface area contributed by atoms with Crippen molar-refractivity contribution in [1.29, 1.82) is 0 Å². The lowest BCUT2D eigenvalue weighted by Crippen LogP contribution is -2.18. The summed E-state index contributed by atoms with van der Waals surface area (Å²) in [7, 11) is 2.13. The summed E-state index contributed by atoms with van der Waals surface area (Å²) in [5.74, 6) is 0.712. The molecule has 0 unspecified atom stereocenters. The monoisotopic (exact) mass is 266 g/mol. The highest BCUT2D eigenvalue weighted by molar-refractivity contribution is 7.12. The summed E-state index contributed by atoms with van der Waals surface area (Å²) in [5, 5.41) is 3.50. The van der Waals surface area contributed by atoms with Gasteiger partial charge in [0, 0.05) is 29.4 Å². The van der Waals surface area contributed by atoms with Gasteiger partial charge in [0.15, 0.2) is 0 Å². The Morgan fingerprint density at radius 3 is 2.83 bits per heavy atom. The zero-order chi connectivity index (χ0) is 13.5. The van der Waals surface area contributed by atoms with E-state index in [-0.39, 0.29) is 0 Å². The second-order valence-corrected chi connectivity index (χ2v) is 6.65. The van der Waals surface area contributed by atoms with Crippen LogP contribution >= 0.6 is 11.3 Å². The van der Waals surface area contributed by atoms with Gasteiger partial charge in [0.25, 0.3) is 0 Å². The minimum atomic E-state index is 0.712. The fourth-order valence-electron chi connectivity index (χ4n) is 1.89. The maximum atomic E-state index is 3.78. The molecule has 0 saturated carbocycles. The number of likely N-dealkylation sites (N-methyl/N-ethyl adjacent to an activating group) is 1. The average molecular weight is 266 g/mol. The number of hydrogen-bond donors (Lipinski definition) is 1. The van der Waals surface area contributed by atoms with Gasteiger partial charge in [-0.05, 0) is 38.1 Å². The van der Waals surface area contributed by atoms with Crippen LogP contribution in [-0.4, -0.2) is 25.0 Å². The lowest BCUT2D eigenvalue weighted by molar-refractivity contribution is 0.363. The number of thiophene rings is 1. The Labute approximate surface area is 116 Å². The van der Waals surface area contributed by atoms with Crippen molar-refractivity contribution in [3.8, 4) is 0 Å². The second kappa shape index (κ2) is 7.72. The Morgan fingerprint density at radius 1 is 1.50 bits per heavy atom. The third-order valence-electron chi connectivity index (χ3n) is 2.80. The number of rotatable bonds is 8. The van der Waals surface area contributed by atoms with Crippen LogP contribution in [0.1, 0.15) is 29.2 Å². The fraction of sp³-hybridized carbons (Fsp3) is 0.600. The van der Waals surface area contributed by atoms with Crippen molar-refractivity contribution < 1.29 is 0 Å². The minimum absolute atomic E-state index is 0.712. The highest BCUT2D eigenvalue weighted by Gasteiger charge is 2.07. The van der Waals surface area contributed by atoms with Gasteiger partial charge >= 0.3 is 0 Å². The first-order valence-corrected chi connectivity index (χ1v) is 7.43. The lowest BCUT2D eigenvalue weighted by atomic mass is 10.2. The normalized spacial score (nSPS) is 11.4. The van der Waals surface area contributed by atoms with Crippen LogP contribution in [0.25, 0.3) is 0 Å². The summed E-state index contributed by atoms with van der Waals surface area (Å²) in [5.41, 5.74) is 1.45. The molecule has 1 aromatic rings. The van der Waals surface area contributed by atoms with Crippen molar-refractivity contribution in [1.82, 2.24) is 10.2 Å². The van der Waals surface area contributed by atoms with E-state index < -0.39 is 0 Å². The third-order valence-corrected chi connectivity index (χ3v) is 3.90. The van der Waals surface area contributed by atoms with E-state index in [2.05, 4.69) is 50.7 Å². The summed E-state index contributed by atoms with van der Waals surface area (Å²) >= 11 is 1.91. The van der Waals surface area contributed by atoms with Crippen LogP contribution < -0.4 is 5.32 Å². The lowest BCUT2D eigenvalue weighted by Gasteiger charge is -2.13.